The molecule has 1 fully saturated rings. The Morgan fingerprint density at radius 3 is 2.67 bits per heavy atom. The quantitative estimate of drug-likeness (QED) is 0.806. The number of ether oxygens (including phenoxy) is 2. The van der Waals surface area contributed by atoms with Crippen LogP contribution in [0.5, 0.6) is 5.75 Å². The predicted octanol–water partition coefficient (Wildman–Crippen LogP) is 2.12. The van der Waals surface area contributed by atoms with Gasteiger partial charge in [-0.2, -0.15) is 0 Å². The average molecular weight is 331 g/mol. The van der Waals surface area contributed by atoms with E-state index >= 15 is 0 Å². The summed E-state index contributed by atoms with van der Waals surface area (Å²) >= 11 is 0. The molecule has 1 saturated heterocycles. The zero-order valence-electron chi connectivity index (χ0n) is 14.1. The monoisotopic (exact) mass is 331 g/mol. The molecule has 1 aliphatic rings. The molecule has 0 radical (unpaired) electrons. The molecule has 1 aliphatic heterocycles. The van der Waals surface area contributed by atoms with Crippen molar-refractivity contribution in [1.82, 2.24) is 4.90 Å². The van der Waals surface area contributed by atoms with Crippen LogP contribution in [-0.4, -0.2) is 42.7 Å². The third-order valence-electron chi connectivity index (χ3n) is 4.06. The second kappa shape index (κ2) is 6.65. The largest absolute Gasteiger partial charge is 0.484 e. The van der Waals surface area contributed by atoms with E-state index in [1.807, 2.05) is 26.8 Å². The average Bonchev–Trinajstić information content (AvgIpc) is 2.51. The number of carbonyl (C=O) groups excluding carboxylic acids is 1. The molecule has 1 aromatic carbocycles. The number of morpholine rings is 1. The molecule has 2 heterocycles. The number of rotatable bonds is 3. The molecule has 6 nitrogen and oxygen atoms in total. The van der Waals surface area contributed by atoms with Crippen molar-refractivity contribution >= 4 is 16.9 Å². The normalized spacial score (nSPS) is 21.0. The van der Waals surface area contributed by atoms with Crippen LogP contribution in [-0.2, 0) is 9.53 Å². The van der Waals surface area contributed by atoms with E-state index in [-0.39, 0.29) is 24.7 Å². The van der Waals surface area contributed by atoms with Gasteiger partial charge in [-0.25, -0.2) is 4.79 Å². The Labute approximate surface area is 140 Å². The van der Waals surface area contributed by atoms with Gasteiger partial charge in [0.25, 0.3) is 5.91 Å². The third-order valence-corrected chi connectivity index (χ3v) is 4.06. The second-order valence-corrected chi connectivity index (χ2v) is 6.25. The molecule has 0 unspecified atom stereocenters. The van der Waals surface area contributed by atoms with Gasteiger partial charge in [-0.15, -0.1) is 0 Å². The van der Waals surface area contributed by atoms with Crippen molar-refractivity contribution in [1.29, 1.82) is 0 Å². The lowest BCUT2D eigenvalue weighted by atomic mass is 10.1. The van der Waals surface area contributed by atoms with Crippen LogP contribution in [0.4, 0.5) is 0 Å². The fourth-order valence-electron chi connectivity index (χ4n) is 3.01. The molecule has 0 N–H and O–H groups in total. The van der Waals surface area contributed by atoms with Crippen LogP contribution in [0.1, 0.15) is 19.4 Å². The first-order valence-electron chi connectivity index (χ1n) is 8.03. The van der Waals surface area contributed by atoms with E-state index < -0.39 is 5.63 Å². The van der Waals surface area contributed by atoms with Crippen molar-refractivity contribution in [3.05, 3.63) is 40.2 Å². The minimum Gasteiger partial charge on any atom is -0.484 e. The smallest absolute Gasteiger partial charge is 0.336 e. The fourth-order valence-corrected chi connectivity index (χ4v) is 3.01. The molecule has 128 valence electrons. The van der Waals surface area contributed by atoms with E-state index in [2.05, 4.69) is 0 Å². The summed E-state index contributed by atoms with van der Waals surface area (Å²) in [4.78, 5) is 25.5. The Morgan fingerprint density at radius 2 is 1.96 bits per heavy atom. The second-order valence-electron chi connectivity index (χ2n) is 6.25. The highest BCUT2D eigenvalue weighted by molar-refractivity contribution is 5.81. The van der Waals surface area contributed by atoms with E-state index in [1.165, 1.54) is 6.07 Å². The van der Waals surface area contributed by atoms with Gasteiger partial charge in [0.15, 0.2) is 6.61 Å². The van der Waals surface area contributed by atoms with Crippen LogP contribution in [0.15, 0.2) is 33.5 Å². The number of carbonyl (C=O) groups is 1. The Balaban J connectivity index is 1.69. The van der Waals surface area contributed by atoms with Crippen molar-refractivity contribution in [2.75, 3.05) is 19.7 Å². The van der Waals surface area contributed by atoms with Crippen molar-refractivity contribution in [3.8, 4) is 5.75 Å². The summed E-state index contributed by atoms with van der Waals surface area (Å²) < 4.78 is 16.4. The predicted molar refractivity (Wildman–Crippen MR) is 89.3 cm³/mol. The van der Waals surface area contributed by atoms with E-state index in [0.29, 0.717) is 24.4 Å². The SMILES string of the molecule is Cc1cc(=O)oc2cc(OCC(=O)N3C[C@H](C)O[C@@H](C)C3)ccc12. The minimum absolute atomic E-state index is 0.0237. The summed E-state index contributed by atoms with van der Waals surface area (Å²) in [6.07, 6.45) is 0.0474. The van der Waals surface area contributed by atoms with Gasteiger partial charge < -0.3 is 18.8 Å². The number of benzene rings is 1. The van der Waals surface area contributed by atoms with E-state index in [4.69, 9.17) is 13.9 Å². The molecule has 0 bridgehead atoms. The zero-order valence-corrected chi connectivity index (χ0v) is 14.1. The molecular weight excluding hydrogens is 310 g/mol. The molecule has 0 spiro atoms. The van der Waals surface area contributed by atoms with Crippen LogP contribution in [0.25, 0.3) is 11.0 Å². The lowest BCUT2D eigenvalue weighted by molar-refractivity contribution is -0.145. The first-order chi connectivity index (χ1) is 11.4. The van der Waals surface area contributed by atoms with Gasteiger partial charge in [0.05, 0.1) is 12.2 Å². The van der Waals surface area contributed by atoms with E-state index in [1.54, 1.807) is 17.0 Å². The zero-order chi connectivity index (χ0) is 17.3. The molecule has 1 aromatic heterocycles. The van der Waals surface area contributed by atoms with Gasteiger partial charge in [0, 0.05) is 30.6 Å². The molecule has 24 heavy (non-hydrogen) atoms. The fraction of sp³-hybridized carbons (Fsp3) is 0.444. The van der Waals surface area contributed by atoms with Gasteiger partial charge >= 0.3 is 5.63 Å². The lowest BCUT2D eigenvalue weighted by Crippen LogP contribution is -2.49. The van der Waals surface area contributed by atoms with E-state index in [0.717, 1.165) is 10.9 Å². The number of hydrogen-bond donors (Lipinski definition) is 0. The van der Waals surface area contributed by atoms with Gasteiger partial charge in [-0.1, -0.05) is 0 Å². The summed E-state index contributed by atoms with van der Waals surface area (Å²) in [5, 5.41) is 0.851. The maximum Gasteiger partial charge on any atom is 0.336 e. The maximum atomic E-state index is 12.3. The Kier molecular flexibility index (Phi) is 4.57. The van der Waals surface area contributed by atoms with Crippen LogP contribution in [0.3, 0.4) is 0 Å². The van der Waals surface area contributed by atoms with Gasteiger partial charge in [0.1, 0.15) is 11.3 Å². The first-order valence-corrected chi connectivity index (χ1v) is 8.03. The summed E-state index contributed by atoms with van der Waals surface area (Å²) in [7, 11) is 0. The first kappa shape index (κ1) is 16.5. The molecule has 1 amide bonds. The molecule has 6 heteroatoms. The number of hydrogen-bond acceptors (Lipinski definition) is 5. The Morgan fingerprint density at radius 1 is 1.25 bits per heavy atom. The number of amides is 1. The van der Waals surface area contributed by atoms with Gasteiger partial charge in [-0.05, 0) is 38.5 Å². The summed E-state index contributed by atoms with van der Waals surface area (Å²) in [6, 6.07) is 6.69. The highest BCUT2D eigenvalue weighted by Gasteiger charge is 2.26. The summed E-state index contributed by atoms with van der Waals surface area (Å²) in [5.74, 6) is 0.418. The molecular formula is C18H21NO5. The van der Waals surface area contributed by atoms with Crippen LogP contribution in [0, 0.1) is 6.92 Å². The molecule has 2 aromatic rings. The maximum absolute atomic E-state index is 12.3. The van der Waals surface area contributed by atoms with Crippen LogP contribution < -0.4 is 10.4 Å². The molecule has 2 atom stereocenters. The molecule has 0 aliphatic carbocycles. The van der Waals surface area contributed by atoms with Gasteiger partial charge in [-0.3, -0.25) is 4.79 Å². The summed E-state index contributed by atoms with van der Waals surface area (Å²) in [6.45, 7) is 6.83. The lowest BCUT2D eigenvalue weighted by Gasteiger charge is -2.35. The highest BCUT2D eigenvalue weighted by Crippen LogP contribution is 2.22. The highest BCUT2D eigenvalue weighted by atomic mass is 16.5. The number of nitrogens with zero attached hydrogens (tertiary/aromatic N) is 1. The standard InChI is InChI=1S/C18H21NO5/c1-11-6-18(21)24-16-7-14(4-5-15(11)16)22-10-17(20)19-8-12(2)23-13(3)9-19/h4-7,12-13H,8-10H2,1-3H3/t12-,13-/m0/s1. The Hall–Kier alpha value is -2.34. The summed E-state index contributed by atoms with van der Waals surface area (Å²) in [5.41, 5.74) is 0.906. The van der Waals surface area contributed by atoms with Crippen molar-refractivity contribution in [3.63, 3.8) is 0 Å². The van der Waals surface area contributed by atoms with Crippen molar-refractivity contribution in [2.24, 2.45) is 0 Å². The van der Waals surface area contributed by atoms with Crippen LogP contribution in [0.2, 0.25) is 0 Å². The third kappa shape index (κ3) is 3.59. The van der Waals surface area contributed by atoms with E-state index in [9.17, 15) is 9.59 Å². The molecule has 0 saturated carbocycles. The van der Waals surface area contributed by atoms with Gasteiger partial charge in [0.2, 0.25) is 0 Å². The van der Waals surface area contributed by atoms with Crippen LogP contribution >= 0.6 is 0 Å². The van der Waals surface area contributed by atoms with Crippen molar-refractivity contribution in [2.45, 2.75) is 33.0 Å². The minimum atomic E-state index is -0.399. The number of aryl methyl sites for hydroxylation is 1. The number of fused-ring (bicyclic) bond motifs is 1. The molecule has 3 rings (SSSR count). The Bertz CT molecular complexity index is 803. The van der Waals surface area contributed by atoms with Crippen molar-refractivity contribution < 1.29 is 18.7 Å². The topological polar surface area (TPSA) is 69.0 Å².